The largest absolute Gasteiger partial charge is 0.496 e. The molecule has 1 radical (unpaired) electrons. The van der Waals surface area contributed by atoms with Crippen molar-refractivity contribution in [3.8, 4) is 17.6 Å². The molecule has 0 N–H and O–H groups in total. The maximum absolute atomic E-state index is 5.07. The molecule has 0 unspecified atom stereocenters. The molecule has 16 heavy (non-hydrogen) atoms. The summed E-state index contributed by atoms with van der Waals surface area (Å²) in [5.74, 6) is 6.77. The summed E-state index contributed by atoms with van der Waals surface area (Å²) in [6, 6.07) is 12.3. The summed E-state index contributed by atoms with van der Waals surface area (Å²) in [6.07, 6.45) is 3.46. The van der Waals surface area contributed by atoms with Gasteiger partial charge >= 0.3 is 0 Å². The van der Waals surface area contributed by atoms with E-state index in [0.29, 0.717) is 5.75 Å². The standard InChI is InChI=1S/C14H10NO/c1-16-14-6-2-4-12(10-14)7-8-13-5-3-9-15-11-13/h2-5,9-11H,1H3. The molecule has 0 saturated carbocycles. The molecule has 2 nitrogen and oxygen atoms in total. The van der Waals surface area contributed by atoms with Gasteiger partial charge in [-0.15, -0.1) is 0 Å². The van der Waals surface area contributed by atoms with Gasteiger partial charge in [0.25, 0.3) is 0 Å². The van der Waals surface area contributed by atoms with Gasteiger partial charge in [-0.1, -0.05) is 11.8 Å². The molecule has 2 aromatic rings. The van der Waals surface area contributed by atoms with Gasteiger partial charge in [0.1, 0.15) is 5.75 Å². The van der Waals surface area contributed by atoms with Crippen LogP contribution < -0.4 is 4.74 Å². The zero-order chi connectivity index (χ0) is 11.2. The van der Waals surface area contributed by atoms with Gasteiger partial charge in [-0.3, -0.25) is 4.98 Å². The average Bonchev–Trinajstić information content (AvgIpc) is 2.38. The first kappa shape index (κ1) is 10.3. The number of aromatic nitrogens is 1. The summed E-state index contributed by atoms with van der Waals surface area (Å²) < 4.78 is 5.07. The van der Waals surface area contributed by atoms with Gasteiger partial charge in [0.15, 0.2) is 0 Å². The third kappa shape index (κ3) is 2.61. The molecule has 2 rings (SSSR count). The van der Waals surface area contributed by atoms with Crippen molar-refractivity contribution < 1.29 is 4.74 Å². The van der Waals surface area contributed by atoms with Crippen molar-refractivity contribution in [2.24, 2.45) is 0 Å². The minimum absolute atomic E-state index is 0.693. The molecule has 0 fully saturated rings. The summed E-state index contributed by atoms with van der Waals surface area (Å²) in [4.78, 5) is 4.00. The molecule has 0 amide bonds. The topological polar surface area (TPSA) is 22.1 Å². The highest BCUT2D eigenvalue weighted by Crippen LogP contribution is 2.10. The number of methoxy groups -OCH3 is 1. The lowest BCUT2D eigenvalue weighted by molar-refractivity contribution is 0.414. The SMILES string of the molecule is COc1[c]ccc(C#Cc2cccnc2)c1. The van der Waals surface area contributed by atoms with E-state index >= 15 is 0 Å². The van der Waals surface area contributed by atoms with Crippen molar-refractivity contribution in [2.75, 3.05) is 7.11 Å². The molecule has 1 aromatic heterocycles. The van der Waals surface area contributed by atoms with Crippen LogP contribution in [0.15, 0.2) is 42.7 Å². The summed E-state index contributed by atoms with van der Waals surface area (Å²) in [5, 5.41) is 0. The Morgan fingerprint density at radius 1 is 1.25 bits per heavy atom. The van der Waals surface area contributed by atoms with Gasteiger partial charge in [0.05, 0.1) is 7.11 Å². The third-order valence-electron chi connectivity index (χ3n) is 2.01. The number of pyridine rings is 1. The predicted octanol–water partition coefficient (Wildman–Crippen LogP) is 2.29. The van der Waals surface area contributed by atoms with Crippen LogP contribution in [0.2, 0.25) is 0 Å². The summed E-state index contributed by atoms with van der Waals surface area (Å²) in [6.45, 7) is 0. The first-order chi connectivity index (χ1) is 7.88. The van der Waals surface area contributed by atoms with E-state index in [1.54, 1.807) is 25.6 Å². The normalized spacial score (nSPS) is 9.06. The third-order valence-corrected chi connectivity index (χ3v) is 2.01. The highest BCUT2D eigenvalue weighted by atomic mass is 16.5. The lowest BCUT2D eigenvalue weighted by Gasteiger charge is -1.97. The zero-order valence-electron chi connectivity index (χ0n) is 8.90. The van der Waals surface area contributed by atoms with Gasteiger partial charge < -0.3 is 4.74 Å². The van der Waals surface area contributed by atoms with E-state index in [2.05, 4.69) is 22.9 Å². The first-order valence-corrected chi connectivity index (χ1v) is 4.86. The zero-order valence-corrected chi connectivity index (χ0v) is 8.90. The molecule has 0 atom stereocenters. The van der Waals surface area contributed by atoms with Crippen molar-refractivity contribution in [3.63, 3.8) is 0 Å². The number of nitrogens with zero attached hydrogens (tertiary/aromatic N) is 1. The summed E-state index contributed by atoms with van der Waals surface area (Å²) >= 11 is 0. The first-order valence-electron chi connectivity index (χ1n) is 4.86. The van der Waals surface area contributed by atoms with Gasteiger partial charge in [-0.05, 0) is 30.3 Å². The Kier molecular flexibility index (Phi) is 3.20. The van der Waals surface area contributed by atoms with Gasteiger partial charge in [0.2, 0.25) is 0 Å². The van der Waals surface area contributed by atoms with E-state index < -0.39 is 0 Å². The molecular weight excluding hydrogens is 198 g/mol. The minimum Gasteiger partial charge on any atom is -0.496 e. The van der Waals surface area contributed by atoms with Crippen LogP contribution in [0.4, 0.5) is 0 Å². The molecule has 0 bridgehead atoms. The van der Waals surface area contributed by atoms with Gasteiger partial charge in [-0.2, -0.15) is 0 Å². The summed E-state index contributed by atoms with van der Waals surface area (Å²) in [7, 11) is 1.62. The number of rotatable bonds is 1. The Hall–Kier alpha value is -2.27. The van der Waals surface area contributed by atoms with Crippen molar-refractivity contribution in [1.82, 2.24) is 4.98 Å². The molecule has 1 heterocycles. The molecule has 2 heteroatoms. The van der Waals surface area contributed by atoms with Crippen LogP contribution in [0.25, 0.3) is 0 Å². The van der Waals surface area contributed by atoms with Crippen LogP contribution in [0.1, 0.15) is 11.1 Å². The van der Waals surface area contributed by atoms with Crippen LogP contribution in [0, 0.1) is 17.9 Å². The Bertz CT molecular complexity index is 523. The van der Waals surface area contributed by atoms with E-state index in [-0.39, 0.29) is 0 Å². The van der Waals surface area contributed by atoms with Crippen LogP contribution in [0.5, 0.6) is 5.75 Å². The molecule has 0 spiro atoms. The Morgan fingerprint density at radius 2 is 2.12 bits per heavy atom. The summed E-state index contributed by atoms with van der Waals surface area (Å²) in [5.41, 5.74) is 1.80. The molecule has 0 aliphatic carbocycles. The highest BCUT2D eigenvalue weighted by Gasteiger charge is 1.91. The second-order valence-electron chi connectivity index (χ2n) is 3.14. The Morgan fingerprint density at radius 3 is 2.88 bits per heavy atom. The fraction of sp³-hybridized carbons (Fsp3) is 0.0714. The van der Waals surface area contributed by atoms with Crippen LogP contribution >= 0.6 is 0 Å². The molecule has 1 aromatic carbocycles. The van der Waals surface area contributed by atoms with Crippen LogP contribution in [0.3, 0.4) is 0 Å². The van der Waals surface area contributed by atoms with E-state index in [0.717, 1.165) is 11.1 Å². The van der Waals surface area contributed by atoms with Crippen LogP contribution in [-0.2, 0) is 0 Å². The number of hydrogen-bond donors (Lipinski definition) is 0. The number of ether oxygens (including phenoxy) is 1. The maximum atomic E-state index is 5.07. The molecule has 77 valence electrons. The van der Waals surface area contributed by atoms with Crippen molar-refractivity contribution in [2.45, 2.75) is 0 Å². The fourth-order valence-corrected chi connectivity index (χ4v) is 1.22. The molecule has 0 aliphatic heterocycles. The predicted molar refractivity (Wildman–Crippen MR) is 62.0 cm³/mol. The second-order valence-corrected chi connectivity index (χ2v) is 3.14. The lowest BCUT2D eigenvalue weighted by Crippen LogP contribution is -1.83. The number of benzene rings is 1. The quantitative estimate of drug-likeness (QED) is 0.671. The molecule has 0 aliphatic rings. The van der Waals surface area contributed by atoms with Crippen molar-refractivity contribution >= 4 is 0 Å². The van der Waals surface area contributed by atoms with E-state index in [9.17, 15) is 0 Å². The van der Waals surface area contributed by atoms with E-state index in [1.807, 2.05) is 24.3 Å². The van der Waals surface area contributed by atoms with Crippen LogP contribution in [-0.4, -0.2) is 12.1 Å². The Balaban J connectivity index is 2.24. The van der Waals surface area contributed by atoms with Crippen molar-refractivity contribution in [3.05, 3.63) is 59.9 Å². The van der Waals surface area contributed by atoms with Gasteiger partial charge in [0, 0.05) is 29.6 Å². The monoisotopic (exact) mass is 208 g/mol. The average molecular weight is 208 g/mol. The highest BCUT2D eigenvalue weighted by molar-refractivity contribution is 5.44. The maximum Gasteiger partial charge on any atom is 0.128 e. The van der Waals surface area contributed by atoms with Crippen molar-refractivity contribution in [1.29, 1.82) is 0 Å². The lowest BCUT2D eigenvalue weighted by atomic mass is 10.2. The minimum atomic E-state index is 0.693. The molecular formula is C14H10NO. The van der Waals surface area contributed by atoms with Gasteiger partial charge in [-0.25, -0.2) is 0 Å². The fourth-order valence-electron chi connectivity index (χ4n) is 1.22. The second kappa shape index (κ2) is 4.99. The molecule has 0 saturated heterocycles. The van der Waals surface area contributed by atoms with E-state index in [1.165, 1.54) is 0 Å². The van der Waals surface area contributed by atoms with E-state index in [4.69, 9.17) is 4.74 Å². The number of hydrogen-bond acceptors (Lipinski definition) is 2. The smallest absolute Gasteiger partial charge is 0.128 e. The Labute approximate surface area is 94.9 Å².